The lowest BCUT2D eigenvalue weighted by molar-refractivity contribution is 0.209. The van der Waals surface area contributed by atoms with Crippen LogP contribution in [-0.2, 0) is 19.9 Å². The number of piperidine rings is 1. The zero-order chi connectivity index (χ0) is 15.4. The van der Waals surface area contributed by atoms with E-state index in [1.807, 2.05) is 6.92 Å². The Morgan fingerprint density at radius 3 is 2.45 bits per heavy atom. The van der Waals surface area contributed by atoms with Crippen molar-refractivity contribution in [3.05, 3.63) is 0 Å². The normalized spacial score (nSPS) is 23.6. The maximum atomic E-state index is 12.3. The molecule has 120 valence electrons. The molecule has 0 saturated carbocycles. The second kappa shape index (κ2) is 7.20. The fourth-order valence-corrected chi connectivity index (χ4v) is 6.44. The van der Waals surface area contributed by atoms with Crippen LogP contribution in [0.5, 0.6) is 0 Å². The number of hydrogen-bond acceptors (Lipinski definition) is 5. The SMILES string of the molecule is CCCNC(C)C1CCCCN1S(=O)(=O)CS(C)(=O)=O. The zero-order valence-corrected chi connectivity index (χ0v) is 14.1. The average molecular weight is 326 g/mol. The Balaban J connectivity index is 2.88. The van der Waals surface area contributed by atoms with Crippen molar-refractivity contribution in [2.24, 2.45) is 0 Å². The minimum absolute atomic E-state index is 0.0320. The molecule has 2 atom stereocenters. The van der Waals surface area contributed by atoms with Gasteiger partial charge in [-0.2, -0.15) is 4.31 Å². The van der Waals surface area contributed by atoms with E-state index in [1.54, 1.807) is 0 Å². The molecule has 0 amide bonds. The first kappa shape index (κ1) is 17.9. The zero-order valence-electron chi connectivity index (χ0n) is 12.5. The quantitative estimate of drug-likeness (QED) is 0.739. The number of nitrogens with zero attached hydrogens (tertiary/aromatic N) is 1. The van der Waals surface area contributed by atoms with Crippen molar-refractivity contribution in [3.8, 4) is 0 Å². The first-order valence-electron chi connectivity index (χ1n) is 7.08. The van der Waals surface area contributed by atoms with E-state index in [1.165, 1.54) is 4.31 Å². The molecule has 1 fully saturated rings. The van der Waals surface area contributed by atoms with Gasteiger partial charge in [0.2, 0.25) is 10.0 Å². The third kappa shape index (κ3) is 5.31. The van der Waals surface area contributed by atoms with Crippen molar-refractivity contribution in [1.29, 1.82) is 0 Å². The minimum Gasteiger partial charge on any atom is -0.313 e. The van der Waals surface area contributed by atoms with Crippen LogP contribution in [0.4, 0.5) is 0 Å². The molecule has 0 aromatic rings. The molecule has 6 nitrogen and oxygen atoms in total. The summed E-state index contributed by atoms with van der Waals surface area (Å²) in [4.78, 5) is 0. The van der Waals surface area contributed by atoms with Gasteiger partial charge in [0.05, 0.1) is 0 Å². The van der Waals surface area contributed by atoms with Gasteiger partial charge in [-0.3, -0.25) is 0 Å². The molecule has 1 rings (SSSR count). The summed E-state index contributed by atoms with van der Waals surface area (Å²) in [6.07, 6.45) is 4.49. The topological polar surface area (TPSA) is 83.6 Å². The van der Waals surface area contributed by atoms with Gasteiger partial charge in [-0.1, -0.05) is 13.3 Å². The number of nitrogens with one attached hydrogen (secondary N) is 1. The van der Waals surface area contributed by atoms with E-state index in [-0.39, 0.29) is 12.1 Å². The van der Waals surface area contributed by atoms with Crippen molar-refractivity contribution in [1.82, 2.24) is 9.62 Å². The Morgan fingerprint density at radius 2 is 1.90 bits per heavy atom. The van der Waals surface area contributed by atoms with Gasteiger partial charge in [0.15, 0.2) is 14.9 Å². The smallest absolute Gasteiger partial charge is 0.228 e. The molecule has 8 heteroatoms. The first-order chi connectivity index (χ1) is 9.17. The van der Waals surface area contributed by atoms with Gasteiger partial charge in [0, 0.05) is 24.9 Å². The van der Waals surface area contributed by atoms with E-state index in [0.29, 0.717) is 6.54 Å². The van der Waals surface area contributed by atoms with Gasteiger partial charge in [-0.05, 0) is 32.7 Å². The number of sulfone groups is 1. The summed E-state index contributed by atoms with van der Waals surface area (Å²) >= 11 is 0. The lowest BCUT2D eigenvalue weighted by atomic mass is 9.99. The second-order valence-electron chi connectivity index (χ2n) is 5.57. The molecule has 0 aromatic carbocycles. The number of hydrogen-bond donors (Lipinski definition) is 1. The van der Waals surface area contributed by atoms with Crippen LogP contribution in [0.25, 0.3) is 0 Å². The van der Waals surface area contributed by atoms with Crippen molar-refractivity contribution < 1.29 is 16.8 Å². The third-order valence-corrected chi connectivity index (χ3v) is 7.58. The predicted octanol–water partition coefficient (Wildman–Crippen LogP) is 0.561. The van der Waals surface area contributed by atoms with Crippen molar-refractivity contribution in [2.45, 2.75) is 51.6 Å². The second-order valence-corrected chi connectivity index (χ2v) is 10.00. The molecule has 1 heterocycles. The fourth-order valence-electron chi connectivity index (χ4n) is 2.62. The van der Waals surface area contributed by atoms with Crippen LogP contribution in [0.1, 0.15) is 39.5 Å². The number of rotatable bonds is 7. The van der Waals surface area contributed by atoms with Gasteiger partial charge in [-0.15, -0.1) is 0 Å². The summed E-state index contributed by atoms with van der Waals surface area (Å²) in [5.41, 5.74) is 0. The number of sulfonamides is 1. The molecule has 0 spiro atoms. The van der Waals surface area contributed by atoms with Gasteiger partial charge in [0.25, 0.3) is 0 Å². The van der Waals surface area contributed by atoms with Crippen molar-refractivity contribution >= 4 is 19.9 Å². The highest BCUT2D eigenvalue weighted by atomic mass is 32.3. The highest BCUT2D eigenvalue weighted by Crippen LogP contribution is 2.23. The van der Waals surface area contributed by atoms with Gasteiger partial charge >= 0.3 is 0 Å². The Hall–Kier alpha value is -0.180. The summed E-state index contributed by atoms with van der Waals surface area (Å²) in [7, 11) is -7.30. The van der Waals surface area contributed by atoms with E-state index in [0.717, 1.165) is 38.5 Å². The van der Waals surface area contributed by atoms with E-state index in [4.69, 9.17) is 0 Å². The summed E-state index contributed by atoms with van der Waals surface area (Å²) in [6, 6.07) is -0.119. The Morgan fingerprint density at radius 1 is 1.25 bits per heavy atom. The van der Waals surface area contributed by atoms with Crippen LogP contribution in [0.2, 0.25) is 0 Å². The maximum Gasteiger partial charge on any atom is 0.228 e. The lowest BCUT2D eigenvalue weighted by Crippen LogP contribution is -2.54. The molecule has 20 heavy (non-hydrogen) atoms. The van der Waals surface area contributed by atoms with Crippen LogP contribution in [0.15, 0.2) is 0 Å². The van der Waals surface area contributed by atoms with E-state index in [9.17, 15) is 16.8 Å². The van der Waals surface area contributed by atoms with Crippen molar-refractivity contribution in [3.63, 3.8) is 0 Å². The molecule has 0 bridgehead atoms. The standard InChI is InChI=1S/C12H26N2O4S2/c1-4-8-13-11(2)12-7-5-6-9-14(12)20(17,18)10-19(3,15)16/h11-13H,4-10H2,1-3H3. The van der Waals surface area contributed by atoms with Crippen LogP contribution < -0.4 is 5.32 Å². The molecule has 1 saturated heterocycles. The third-order valence-electron chi connectivity index (χ3n) is 3.51. The molecule has 0 radical (unpaired) electrons. The van der Waals surface area contributed by atoms with E-state index < -0.39 is 24.9 Å². The molecular weight excluding hydrogens is 300 g/mol. The predicted molar refractivity (Wildman–Crippen MR) is 80.7 cm³/mol. The van der Waals surface area contributed by atoms with E-state index in [2.05, 4.69) is 12.2 Å². The summed E-state index contributed by atoms with van der Waals surface area (Å²) in [6.45, 7) is 5.27. The van der Waals surface area contributed by atoms with E-state index >= 15 is 0 Å². The molecule has 1 aliphatic heterocycles. The Labute approximate surface area is 122 Å². The molecule has 1 N–H and O–H groups in total. The van der Waals surface area contributed by atoms with Gasteiger partial charge in [-0.25, -0.2) is 16.8 Å². The molecular formula is C12H26N2O4S2. The fraction of sp³-hybridized carbons (Fsp3) is 1.00. The summed E-state index contributed by atoms with van der Waals surface area (Å²) in [5, 5.41) is 2.52. The largest absolute Gasteiger partial charge is 0.313 e. The van der Waals surface area contributed by atoms with Gasteiger partial charge < -0.3 is 5.32 Å². The minimum atomic E-state index is -3.75. The summed E-state index contributed by atoms with van der Waals surface area (Å²) < 4.78 is 48.6. The molecule has 0 aromatic heterocycles. The highest BCUT2D eigenvalue weighted by molar-refractivity contribution is 8.06. The van der Waals surface area contributed by atoms with Gasteiger partial charge in [0.1, 0.15) is 0 Å². The molecule has 1 aliphatic rings. The monoisotopic (exact) mass is 326 g/mol. The van der Waals surface area contributed by atoms with Crippen LogP contribution >= 0.6 is 0 Å². The molecule has 0 aliphatic carbocycles. The Kier molecular flexibility index (Phi) is 6.43. The van der Waals surface area contributed by atoms with Crippen LogP contribution in [-0.4, -0.2) is 57.7 Å². The average Bonchev–Trinajstić information content (AvgIpc) is 2.33. The van der Waals surface area contributed by atoms with Crippen LogP contribution in [0.3, 0.4) is 0 Å². The maximum absolute atomic E-state index is 12.3. The first-order valence-corrected chi connectivity index (χ1v) is 10.7. The Bertz CT molecular complexity index is 502. The summed E-state index contributed by atoms with van der Waals surface area (Å²) in [5.74, 6) is 0. The molecule has 2 unspecified atom stereocenters. The lowest BCUT2D eigenvalue weighted by Gasteiger charge is -2.38. The highest BCUT2D eigenvalue weighted by Gasteiger charge is 2.36. The van der Waals surface area contributed by atoms with Crippen molar-refractivity contribution in [2.75, 3.05) is 24.4 Å². The van der Waals surface area contributed by atoms with Crippen LogP contribution in [0, 0.1) is 0 Å².